The molecule has 2 atom stereocenters. The summed E-state index contributed by atoms with van der Waals surface area (Å²) in [5, 5.41) is 0. The number of carbonyl (C=O) groups is 1. The van der Waals surface area contributed by atoms with Crippen LogP contribution in [0.1, 0.15) is 53.4 Å². The van der Waals surface area contributed by atoms with E-state index in [9.17, 15) is 4.79 Å². The van der Waals surface area contributed by atoms with Gasteiger partial charge in [0, 0.05) is 19.5 Å². The molecule has 4 nitrogen and oxygen atoms in total. The maximum absolute atomic E-state index is 12.3. The van der Waals surface area contributed by atoms with E-state index in [4.69, 9.17) is 10.5 Å². The van der Waals surface area contributed by atoms with E-state index >= 15 is 0 Å². The smallest absolute Gasteiger partial charge is 0.222 e. The van der Waals surface area contributed by atoms with Crippen molar-refractivity contribution in [1.29, 1.82) is 0 Å². The normalized spacial score (nSPS) is 21.9. The van der Waals surface area contributed by atoms with E-state index in [1.54, 1.807) is 0 Å². The number of morpholine rings is 1. The van der Waals surface area contributed by atoms with Crippen LogP contribution in [0.3, 0.4) is 0 Å². The van der Waals surface area contributed by atoms with Crippen LogP contribution >= 0.6 is 0 Å². The third-order valence-corrected chi connectivity index (χ3v) is 4.39. The molecule has 0 aromatic carbocycles. The third kappa shape index (κ3) is 5.41. The summed E-state index contributed by atoms with van der Waals surface area (Å²) in [6, 6.07) is 0. The average Bonchev–Trinajstić information content (AvgIpc) is 2.41. The largest absolute Gasteiger partial charge is 0.375 e. The standard InChI is InChI=1S/C16H32N2O2/c1-5-14-12-18(10-11-20-14)15(19)7-6-13(8-9-17)16(2,3)4/h13-14H,5-12,17H2,1-4H3. The summed E-state index contributed by atoms with van der Waals surface area (Å²) >= 11 is 0. The van der Waals surface area contributed by atoms with Crippen molar-refractivity contribution < 1.29 is 9.53 Å². The number of rotatable bonds is 6. The first-order chi connectivity index (χ1) is 9.38. The summed E-state index contributed by atoms with van der Waals surface area (Å²) in [7, 11) is 0. The summed E-state index contributed by atoms with van der Waals surface area (Å²) < 4.78 is 5.62. The summed E-state index contributed by atoms with van der Waals surface area (Å²) in [4.78, 5) is 14.3. The van der Waals surface area contributed by atoms with Crippen LogP contribution in [-0.2, 0) is 9.53 Å². The number of carbonyl (C=O) groups excluding carboxylic acids is 1. The quantitative estimate of drug-likeness (QED) is 0.815. The highest BCUT2D eigenvalue weighted by atomic mass is 16.5. The van der Waals surface area contributed by atoms with Crippen molar-refractivity contribution >= 4 is 5.91 Å². The first kappa shape index (κ1) is 17.4. The van der Waals surface area contributed by atoms with Crippen LogP contribution < -0.4 is 5.73 Å². The van der Waals surface area contributed by atoms with Crippen molar-refractivity contribution in [2.24, 2.45) is 17.1 Å². The van der Waals surface area contributed by atoms with Gasteiger partial charge in [0.25, 0.3) is 0 Å². The van der Waals surface area contributed by atoms with Gasteiger partial charge in [-0.3, -0.25) is 4.79 Å². The van der Waals surface area contributed by atoms with Crippen LogP contribution in [0, 0.1) is 11.3 Å². The molecule has 2 N–H and O–H groups in total. The molecule has 1 fully saturated rings. The summed E-state index contributed by atoms with van der Waals surface area (Å²) in [6.07, 6.45) is 3.76. The van der Waals surface area contributed by atoms with E-state index < -0.39 is 0 Å². The molecule has 1 aliphatic rings. The van der Waals surface area contributed by atoms with Crippen LogP contribution in [0.2, 0.25) is 0 Å². The van der Waals surface area contributed by atoms with Crippen molar-refractivity contribution in [3.05, 3.63) is 0 Å². The summed E-state index contributed by atoms with van der Waals surface area (Å²) in [5.74, 6) is 0.789. The Morgan fingerprint density at radius 3 is 2.65 bits per heavy atom. The first-order valence-corrected chi connectivity index (χ1v) is 7.98. The molecule has 1 heterocycles. The van der Waals surface area contributed by atoms with Gasteiger partial charge in [-0.25, -0.2) is 0 Å². The fourth-order valence-corrected chi connectivity index (χ4v) is 2.86. The number of nitrogens with zero attached hydrogens (tertiary/aromatic N) is 1. The van der Waals surface area contributed by atoms with Crippen molar-refractivity contribution in [3.8, 4) is 0 Å². The number of nitrogens with two attached hydrogens (primary N) is 1. The highest BCUT2D eigenvalue weighted by Crippen LogP contribution is 2.32. The Morgan fingerprint density at radius 1 is 1.40 bits per heavy atom. The molecule has 0 spiro atoms. The molecule has 2 unspecified atom stereocenters. The Balaban J connectivity index is 2.44. The summed E-state index contributed by atoms with van der Waals surface area (Å²) in [5.41, 5.74) is 5.92. The first-order valence-electron chi connectivity index (χ1n) is 7.98. The van der Waals surface area contributed by atoms with E-state index in [1.165, 1.54) is 0 Å². The summed E-state index contributed by atoms with van der Waals surface area (Å²) in [6.45, 7) is 11.7. The second kappa shape index (κ2) is 7.99. The monoisotopic (exact) mass is 284 g/mol. The zero-order chi connectivity index (χ0) is 15.2. The van der Waals surface area contributed by atoms with Gasteiger partial charge in [-0.05, 0) is 37.1 Å². The Kier molecular flexibility index (Phi) is 6.96. The Hall–Kier alpha value is -0.610. The van der Waals surface area contributed by atoms with Gasteiger partial charge in [-0.15, -0.1) is 0 Å². The fraction of sp³-hybridized carbons (Fsp3) is 0.938. The van der Waals surface area contributed by atoms with Crippen LogP contribution in [-0.4, -0.2) is 43.2 Å². The van der Waals surface area contributed by atoms with Gasteiger partial charge in [0.15, 0.2) is 0 Å². The van der Waals surface area contributed by atoms with Gasteiger partial charge in [0.1, 0.15) is 0 Å². The van der Waals surface area contributed by atoms with Gasteiger partial charge in [-0.2, -0.15) is 0 Å². The zero-order valence-corrected chi connectivity index (χ0v) is 13.7. The third-order valence-electron chi connectivity index (χ3n) is 4.39. The molecule has 0 saturated carbocycles. The van der Waals surface area contributed by atoms with Gasteiger partial charge in [-0.1, -0.05) is 27.7 Å². The molecule has 4 heteroatoms. The lowest BCUT2D eigenvalue weighted by Gasteiger charge is -2.34. The molecule has 20 heavy (non-hydrogen) atoms. The molecule has 1 saturated heterocycles. The highest BCUT2D eigenvalue weighted by Gasteiger charge is 2.27. The predicted octanol–water partition coefficient (Wildman–Crippen LogP) is 2.42. The maximum Gasteiger partial charge on any atom is 0.222 e. The number of ether oxygens (including phenoxy) is 1. The Morgan fingerprint density at radius 2 is 2.10 bits per heavy atom. The van der Waals surface area contributed by atoms with Crippen molar-refractivity contribution in [1.82, 2.24) is 4.90 Å². The number of amides is 1. The predicted molar refractivity (Wildman–Crippen MR) is 82.5 cm³/mol. The fourth-order valence-electron chi connectivity index (χ4n) is 2.86. The Bertz CT molecular complexity index is 299. The lowest BCUT2D eigenvalue weighted by molar-refractivity contribution is -0.139. The number of hydrogen-bond donors (Lipinski definition) is 1. The van der Waals surface area contributed by atoms with E-state index in [1.807, 2.05) is 4.90 Å². The van der Waals surface area contributed by atoms with Crippen LogP contribution in [0.5, 0.6) is 0 Å². The maximum atomic E-state index is 12.3. The van der Waals surface area contributed by atoms with Crippen molar-refractivity contribution in [2.45, 2.75) is 59.5 Å². The molecule has 118 valence electrons. The van der Waals surface area contributed by atoms with Gasteiger partial charge in [0.2, 0.25) is 5.91 Å². The second-order valence-electron chi connectivity index (χ2n) is 6.92. The Labute approximate surface area is 124 Å². The van der Waals surface area contributed by atoms with Crippen LogP contribution in [0.4, 0.5) is 0 Å². The highest BCUT2D eigenvalue weighted by molar-refractivity contribution is 5.76. The minimum atomic E-state index is 0.218. The molecular formula is C16H32N2O2. The molecule has 0 radical (unpaired) electrons. The molecular weight excluding hydrogens is 252 g/mol. The van der Waals surface area contributed by atoms with E-state index in [0.29, 0.717) is 25.5 Å². The second-order valence-corrected chi connectivity index (χ2v) is 6.92. The molecule has 1 amide bonds. The average molecular weight is 284 g/mol. The van der Waals surface area contributed by atoms with Gasteiger partial charge < -0.3 is 15.4 Å². The minimum Gasteiger partial charge on any atom is -0.375 e. The lowest BCUT2D eigenvalue weighted by Crippen LogP contribution is -2.45. The van der Waals surface area contributed by atoms with E-state index in [-0.39, 0.29) is 17.4 Å². The number of hydrogen-bond acceptors (Lipinski definition) is 3. The lowest BCUT2D eigenvalue weighted by atomic mass is 9.76. The van der Waals surface area contributed by atoms with Crippen LogP contribution in [0.25, 0.3) is 0 Å². The van der Waals surface area contributed by atoms with E-state index in [0.717, 1.165) is 32.4 Å². The molecule has 1 aliphatic heterocycles. The molecule has 0 aromatic heterocycles. The topological polar surface area (TPSA) is 55.6 Å². The van der Waals surface area contributed by atoms with Crippen LogP contribution in [0.15, 0.2) is 0 Å². The van der Waals surface area contributed by atoms with Gasteiger partial charge >= 0.3 is 0 Å². The van der Waals surface area contributed by atoms with Gasteiger partial charge in [0.05, 0.1) is 12.7 Å². The molecule has 1 rings (SSSR count). The minimum absolute atomic E-state index is 0.218. The zero-order valence-electron chi connectivity index (χ0n) is 13.7. The molecule has 0 bridgehead atoms. The molecule has 0 aromatic rings. The molecule has 0 aliphatic carbocycles. The van der Waals surface area contributed by atoms with Crippen molar-refractivity contribution in [2.75, 3.05) is 26.2 Å². The van der Waals surface area contributed by atoms with E-state index in [2.05, 4.69) is 27.7 Å². The van der Waals surface area contributed by atoms with Crippen molar-refractivity contribution in [3.63, 3.8) is 0 Å². The SMILES string of the molecule is CCC1CN(C(=O)CCC(CCN)C(C)(C)C)CCO1.